The van der Waals surface area contributed by atoms with Gasteiger partial charge in [-0.15, -0.1) is 10.2 Å². The lowest BCUT2D eigenvalue weighted by molar-refractivity contribution is 0.178. The number of nitrogens with zero attached hydrogens (tertiary/aromatic N) is 5. The molecule has 2 amide bonds. The molecule has 0 saturated carbocycles. The van der Waals surface area contributed by atoms with Crippen LogP contribution in [0.15, 0.2) is 0 Å². The van der Waals surface area contributed by atoms with Crippen LogP contribution in [0.2, 0.25) is 0 Å². The van der Waals surface area contributed by atoms with E-state index in [1.165, 1.54) is 19.3 Å². The van der Waals surface area contributed by atoms with E-state index in [4.69, 9.17) is 0 Å². The van der Waals surface area contributed by atoms with Gasteiger partial charge in [-0.05, 0) is 45.7 Å². The fourth-order valence-corrected chi connectivity index (χ4v) is 3.82. The molecule has 2 fully saturated rings. The first-order chi connectivity index (χ1) is 11.7. The summed E-state index contributed by atoms with van der Waals surface area (Å²) in [7, 11) is 2.07. The maximum atomic E-state index is 12.1. The summed E-state index contributed by atoms with van der Waals surface area (Å²) in [5, 5.41) is 11.8. The maximum absolute atomic E-state index is 12.1. The predicted molar refractivity (Wildman–Crippen MR) is 92.8 cm³/mol. The normalized spacial score (nSPS) is 22.6. The molecule has 2 aliphatic heterocycles. The third kappa shape index (κ3) is 3.88. The van der Waals surface area contributed by atoms with Gasteiger partial charge in [-0.25, -0.2) is 4.79 Å². The molecular weight excluding hydrogens is 304 g/mol. The van der Waals surface area contributed by atoms with E-state index in [1.807, 2.05) is 11.8 Å². The smallest absolute Gasteiger partial charge is 0.317 e. The van der Waals surface area contributed by atoms with Crippen molar-refractivity contribution >= 4 is 6.03 Å². The molecule has 2 saturated heterocycles. The molecule has 1 aromatic heterocycles. The Kier molecular flexibility index (Phi) is 5.71. The lowest BCUT2D eigenvalue weighted by atomic mass is 9.97. The molecule has 0 unspecified atom stereocenters. The maximum Gasteiger partial charge on any atom is 0.317 e. The Bertz CT molecular complexity index is 551. The van der Waals surface area contributed by atoms with Crippen molar-refractivity contribution in [2.24, 2.45) is 7.05 Å². The topological polar surface area (TPSA) is 66.3 Å². The Morgan fingerprint density at radius 1 is 1.17 bits per heavy atom. The molecule has 1 N–H and O–H groups in total. The van der Waals surface area contributed by atoms with Crippen molar-refractivity contribution in [2.45, 2.75) is 51.5 Å². The number of piperidine rings is 2. The Balaban J connectivity index is 1.64. The van der Waals surface area contributed by atoms with E-state index < -0.39 is 0 Å². The second kappa shape index (κ2) is 7.96. The molecule has 1 aromatic rings. The minimum Gasteiger partial charge on any atom is -0.338 e. The van der Waals surface area contributed by atoms with Crippen molar-refractivity contribution in [2.75, 3.05) is 32.7 Å². The predicted octanol–water partition coefficient (Wildman–Crippen LogP) is 1.71. The zero-order chi connectivity index (χ0) is 16.9. The van der Waals surface area contributed by atoms with Crippen molar-refractivity contribution in [1.29, 1.82) is 0 Å². The number of carbonyl (C=O) groups excluding carboxylic acids is 1. The number of hydrogen-bond acceptors (Lipinski definition) is 4. The summed E-state index contributed by atoms with van der Waals surface area (Å²) in [4.78, 5) is 16.5. The van der Waals surface area contributed by atoms with E-state index >= 15 is 0 Å². The summed E-state index contributed by atoms with van der Waals surface area (Å²) in [6.45, 7) is 7.41. The zero-order valence-electron chi connectivity index (χ0n) is 15.0. The number of urea groups is 1. The first kappa shape index (κ1) is 17.2. The monoisotopic (exact) mass is 334 g/mol. The van der Waals surface area contributed by atoms with Crippen molar-refractivity contribution in [3.8, 4) is 0 Å². The van der Waals surface area contributed by atoms with Gasteiger partial charge in [0.05, 0.1) is 6.54 Å². The van der Waals surface area contributed by atoms with Crippen LogP contribution >= 0.6 is 0 Å². The number of carbonyl (C=O) groups is 1. The van der Waals surface area contributed by atoms with E-state index in [0.29, 0.717) is 6.54 Å². The molecule has 24 heavy (non-hydrogen) atoms. The van der Waals surface area contributed by atoms with E-state index in [0.717, 1.165) is 57.2 Å². The van der Waals surface area contributed by atoms with Gasteiger partial charge in [0, 0.05) is 32.6 Å². The number of aromatic nitrogens is 3. The molecule has 134 valence electrons. The summed E-state index contributed by atoms with van der Waals surface area (Å²) in [6, 6.07) is 0.0397. The molecule has 0 radical (unpaired) electrons. The van der Waals surface area contributed by atoms with Crippen molar-refractivity contribution in [3.05, 3.63) is 11.6 Å². The highest BCUT2D eigenvalue weighted by molar-refractivity contribution is 5.74. The molecule has 3 heterocycles. The summed E-state index contributed by atoms with van der Waals surface area (Å²) in [5.74, 6) is 2.35. The second-order valence-corrected chi connectivity index (χ2v) is 6.99. The molecule has 3 rings (SSSR count). The average Bonchev–Trinajstić information content (AvgIpc) is 2.97. The van der Waals surface area contributed by atoms with Gasteiger partial charge in [0.15, 0.2) is 0 Å². The largest absolute Gasteiger partial charge is 0.338 e. The number of nitrogens with one attached hydrogen (secondary N) is 1. The molecule has 0 bridgehead atoms. The molecular formula is C17H30N6O. The van der Waals surface area contributed by atoms with E-state index in [-0.39, 0.29) is 11.9 Å². The van der Waals surface area contributed by atoms with Gasteiger partial charge in [0.1, 0.15) is 11.6 Å². The summed E-state index contributed by atoms with van der Waals surface area (Å²) >= 11 is 0. The van der Waals surface area contributed by atoms with E-state index in [2.05, 4.69) is 32.0 Å². The fraction of sp³-hybridized carbons (Fsp3) is 0.824. The first-order valence-electron chi connectivity index (χ1n) is 9.32. The van der Waals surface area contributed by atoms with Crippen LogP contribution in [0.1, 0.15) is 56.6 Å². The van der Waals surface area contributed by atoms with Crippen LogP contribution in [0.5, 0.6) is 0 Å². The molecule has 1 atom stereocenters. The van der Waals surface area contributed by atoms with Gasteiger partial charge in [0.2, 0.25) is 0 Å². The van der Waals surface area contributed by atoms with Crippen LogP contribution in [0, 0.1) is 0 Å². The lowest BCUT2D eigenvalue weighted by Crippen LogP contribution is -2.45. The first-order valence-corrected chi connectivity index (χ1v) is 9.32. The van der Waals surface area contributed by atoms with Gasteiger partial charge in [-0.3, -0.25) is 4.90 Å². The second-order valence-electron chi connectivity index (χ2n) is 6.99. The van der Waals surface area contributed by atoms with Crippen LogP contribution in [-0.2, 0) is 13.6 Å². The molecule has 7 heteroatoms. The number of likely N-dealkylation sites (tertiary alicyclic amines) is 2. The highest BCUT2D eigenvalue weighted by atomic mass is 16.2. The summed E-state index contributed by atoms with van der Waals surface area (Å²) < 4.78 is 2.15. The number of amides is 2. The van der Waals surface area contributed by atoms with Crippen LogP contribution in [0.25, 0.3) is 0 Å². The minimum atomic E-state index is 0.0397. The van der Waals surface area contributed by atoms with Gasteiger partial charge in [-0.2, -0.15) is 0 Å². The highest BCUT2D eigenvalue weighted by Crippen LogP contribution is 2.26. The molecule has 0 spiro atoms. The number of hydrogen-bond donors (Lipinski definition) is 1. The lowest BCUT2D eigenvalue weighted by Gasteiger charge is -2.32. The SMILES string of the molecule is CCNC(=O)N1CCC[C@H](c2nnc(CN3CCCCC3)n2C)C1. The van der Waals surface area contributed by atoms with Crippen LogP contribution in [0.4, 0.5) is 4.79 Å². The third-order valence-electron chi connectivity index (χ3n) is 5.21. The van der Waals surface area contributed by atoms with Gasteiger partial charge >= 0.3 is 6.03 Å². The Labute approximate surface area is 144 Å². The Hall–Kier alpha value is -1.63. The average molecular weight is 334 g/mol. The molecule has 2 aliphatic rings. The summed E-state index contributed by atoms with van der Waals surface area (Å²) in [6.07, 6.45) is 6.02. The van der Waals surface area contributed by atoms with Gasteiger partial charge < -0.3 is 14.8 Å². The standard InChI is InChI=1S/C17H30N6O/c1-3-18-17(24)23-11-7-8-14(12-23)16-20-19-15(21(16)2)13-22-9-5-4-6-10-22/h14H,3-13H2,1-2H3,(H,18,24)/t14-/m0/s1. The third-order valence-corrected chi connectivity index (χ3v) is 5.21. The zero-order valence-corrected chi connectivity index (χ0v) is 15.0. The van der Waals surface area contributed by atoms with Crippen LogP contribution in [0.3, 0.4) is 0 Å². The Morgan fingerprint density at radius 2 is 1.96 bits per heavy atom. The molecule has 0 aromatic carbocycles. The minimum absolute atomic E-state index is 0.0397. The van der Waals surface area contributed by atoms with Crippen LogP contribution < -0.4 is 5.32 Å². The fourth-order valence-electron chi connectivity index (χ4n) is 3.82. The van der Waals surface area contributed by atoms with Gasteiger partial charge in [0.25, 0.3) is 0 Å². The van der Waals surface area contributed by atoms with E-state index in [1.54, 1.807) is 0 Å². The summed E-state index contributed by atoms with van der Waals surface area (Å²) in [5.41, 5.74) is 0. The molecule has 7 nitrogen and oxygen atoms in total. The number of rotatable bonds is 4. The van der Waals surface area contributed by atoms with Crippen LogP contribution in [-0.4, -0.2) is 63.3 Å². The molecule has 0 aliphatic carbocycles. The Morgan fingerprint density at radius 3 is 2.71 bits per heavy atom. The van der Waals surface area contributed by atoms with Crippen molar-refractivity contribution < 1.29 is 4.79 Å². The van der Waals surface area contributed by atoms with E-state index in [9.17, 15) is 4.79 Å². The van der Waals surface area contributed by atoms with Gasteiger partial charge in [-0.1, -0.05) is 6.42 Å². The quantitative estimate of drug-likeness (QED) is 0.910. The van der Waals surface area contributed by atoms with Crippen molar-refractivity contribution in [3.63, 3.8) is 0 Å². The highest BCUT2D eigenvalue weighted by Gasteiger charge is 2.28. The van der Waals surface area contributed by atoms with Crippen molar-refractivity contribution in [1.82, 2.24) is 29.9 Å².